The zero-order valence-corrected chi connectivity index (χ0v) is 10.8. The van der Waals surface area contributed by atoms with Gasteiger partial charge in [-0.1, -0.05) is 12.1 Å². The van der Waals surface area contributed by atoms with E-state index < -0.39 is 0 Å². The van der Waals surface area contributed by atoms with Crippen LogP contribution in [0.3, 0.4) is 0 Å². The molecule has 0 spiro atoms. The van der Waals surface area contributed by atoms with Crippen LogP contribution in [-0.2, 0) is 0 Å². The van der Waals surface area contributed by atoms with Crippen LogP contribution in [0.15, 0.2) is 29.2 Å². The Hall–Kier alpha value is -0.510. The molecule has 1 aliphatic rings. The highest BCUT2D eigenvalue weighted by Gasteiger charge is 2.48. The van der Waals surface area contributed by atoms with Gasteiger partial charge < -0.3 is 11.1 Å². The van der Waals surface area contributed by atoms with Gasteiger partial charge in [-0.25, -0.2) is 0 Å². The van der Waals surface area contributed by atoms with E-state index >= 15 is 0 Å². The van der Waals surface area contributed by atoms with Crippen molar-refractivity contribution < 1.29 is 0 Å². The molecule has 0 aromatic heterocycles. The van der Waals surface area contributed by atoms with Crippen LogP contribution in [0.4, 0.5) is 0 Å². The van der Waals surface area contributed by atoms with Crippen molar-refractivity contribution in [1.29, 1.82) is 0 Å². The van der Waals surface area contributed by atoms with E-state index in [9.17, 15) is 0 Å². The molecule has 0 amide bonds. The summed E-state index contributed by atoms with van der Waals surface area (Å²) in [6, 6.07) is 9.24. The quantitative estimate of drug-likeness (QED) is 0.771. The standard InChI is InChI=1S/C13H20N2S/c1-15-12(13(9-14)7-8-13)10-3-5-11(16-2)6-4-10/h3-6,12,15H,7-9,14H2,1-2H3. The summed E-state index contributed by atoms with van der Waals surface area (Å²) < 4.78 is 0. The average molecular weight is 236 g/mol. The topological polar surface area (TPSA) is 38.0 Å². The SMILES string of the molecule is CNC(c1ccc(SC)cc1)C1(CN)CC1. The van der Waals surface area contributed by atoms with Crippen LogP contribution in [0.25, 0.3) is 0 Å². The molecule has 1 aromatic rings. The van der Waals surface area contributed by atoms with Gasteiger partial charge in [0.1, 0.15) is 0 Å². The van der Waals surface area contributed by atoms with E-state index in [0.29, 0.717) is 11.5 Å². The minimum Gasteiger partial charge on any atom is -0.330 e. The molecular formula is C13H20N2S. The first-order chi connectivity index (χ1) is 7.75. The number of nitrogens with one attached hydrogen (secondary N) is 1. The van der Waals surface area contributed by atoms with Gasteiger partial charge in [-0.2, -0.15) is 0 Å². The summed E-state index contributed by atoms with van der Waals surface area (Å²) in [7, 11) is 2.03. The van der Waals surface area contributed by atoms with E-state index in [-0.39, 0.29) is 0 Å². The van der Waals surface area contributed by atoms with Gasteiger partial charge in [0.15, 0.2) is 0 Å². The Labute approximate surface area is 102 Å². The van der Waals surface area contributed by atoms with Crippen molar-refractivity contribution in [3.05, 3.63) is 29.8 Å². The highest BCUT2D eigenvalue weighted by Crippen LogP contribution is 2.53. The van der Waals surface area contributed by atoms with Gasteiger partial charge in [-0.3, -0.25) is 0 Å². The molecule has 88 valence electrons. The molecule has 1 atom stereocenters. The molecule has 2 rings (SSSR count). The van der Waals surface area contributed by atoms with Crippen LogP contribution in [-0.4, -0.2) is 19.8 Å². The summed E-state index contributed by atoms with van der Waals surface area (Å²) in [5, 5.41) is 3.42. The summed E-state index contributed by atoms with van der Waals surface area (Å²) in [4.78, 5) is 1.32. The van der Waals surface area contributed by atoms with Crippen LogP contribution in [0.5, 0.6) is 0 Å². The normalized spacial score (nSPS) is 19.4. The molecule has 0 saturated heterocycles. The molecule has 16 heavy (non-hydrogen) atoms. The maximum absolute atomic E-state index is 5.89. The molecule has 1 unspecified atom stereocenters. The van der Waals surface area contributed by atoms with Gasteiger partial charge >= 0.3 is 0 Å². The van der Waals surface area contributed by atoms with E-state index in [1.807, 2.05) is 7.05 Å². The van der Waals surface area contributed by atoms with Gasteiger partial charge in [0.25, 0.3) is 0 Å². The Balaban J connectivity index is 2.20. The average Bonchev–Trinajstić information content (AvgIpc) is 3.12. The van der Waals surface area contributed by atoms with Crippen LogP contribution in [0, 0.1) is 5.41 Å². The van der Waals surface area contributed by atoms with Gasteiger partial charge in [-0.15, -0.1) is 11.8 Å². The molecule has 2 nitrogen and oxygen atoms in total. The van der Waals surface area contributed by atoms with Gasteiger partial charge in [0.05, 0.1) is 0 Å². The summed E-state index contributed by atoms with van der Waals surface area (Å²) in [5.41, 5.74) is 7.57. The molecule has 3 heteroatoms. The molecule has 0 heterocycles. The second kappa shape index (κ2) is 4.78. The lowest BCUT2D eigenvalue weighted by Crippen LogP contribution is -2.32. The molecule has 0 radical (unpaired) electrons. The Morgan fingerprint density at radius 2 is 2.00 bits per heavy atom. The molecule has 1 fully saturated rings. The van der Waals surface area contributed by atoms with E-state index in [1.54, 1.807) is 11.8 Å². The van der Waals surface area contributed by atoms with Gasteiger partial charge in [0.2, 0.25) is 0 Å². The minimum atomic E-state index is 0.315. The van der Waals surface area contributed by atoms with Crippen molar-refractivity contribution in [2.24, 2.45) is 11.1 Å². The van der Waals surface area contributed by atoms with E-state index in [1.165, 1.54) is 23.3 Å². The third-order valence-electron chi connectivity index (χ3n) is 3.65. The lowest BCUT2D eigenvalue weighted by atomic mass is 9.90. The second-order valence-electron chi connectivity index (χ2n) is 4.56. The first-order valence-corrected chi connectivity index (χ1v) is 6.99. The van der Waals surface area contributed by atoms with Crippen LogP contribution >= 0.6 is 11.8 Å². The number of hydrogen-bond donors (Lipinski definition) is 2. The van der Waals surface area contributed by atoms with Crippen molar-refractivity contribution in [2.45, 2.75) is 23.8 Å². The number of benzene rings is 1. The summed E-state index contributed by atoms with van der Waals surface area (Å²) in [5.74, 6) is 0. The first kappa shape index (κ1) is 12.0. The fraction of sp³-hybridized carbons (Fsp3) is 0.538. The third-order valence-corrected chi connectivity index (χ3v) is 4.39. The Kier molecular flexibility index (Phi) is 3.57. The molecule has 1 saturated carbocycles. The number of thioether (sulfide) groups is 1. The van der Waals surface area contributed by atoms with Crippen molar-refractivity contribution in [1.82, 2.24) is 5.32 Å². The molecular weight excluding hydrogens is 216 g/mol. The predicted octanol–water partition coefficient (Wildman–Crippen LogP) is 2.41. The molecule has 3 N–H and O–H groups in total. The van der Waals surface area contributed by atoms with Crippen molar-refractivity contribution in [2.75, 3.05) is 19.8 Å². The van der Waals surface area contributed by atoms with Gasteiger partial charge in [-0.05, 0) is 50.4 Å². The van der Waals surface area contributed by atoms with Crippen LogP contribution < -0.4 is 11.1 Å². The predicted molar refractivity (Wildman–Crippen MR) is 70.7 cm³/mol. The maximum Gasteiger partial charge on any atom is 0.0386 e. The fourth-order valence-corrected chi connectivity index (χ4v) is 2.80. The largest absolute Gasteiger partial charge is 0.330 e. The van der Waals surface area contributed by atoms with E-state index in [4.69, 9.17) is 5.73 Å². The van der Waals surface area contributed by atoms with Crippen LogP contribution in [0.1, 0.15) is 24.4 Å². The number of hydrogen-bond acceptors (Lipinski definition) is 3. The van der Waals surface area contributed by atoms with Gasteiger partial charge in [0, 0.05) is 16.4 Å². The lowest BCUT2D eigenvalue weighted by Gasteiger charge is -2.26. The molecule has 1 aromatic carbocycles. The zero-order chi connectivity index (χ0) is 11.6. The lowest BCUT2D eigenvalue weighted by molar-refractivity contribution is 0.366. The molecule has 0 bridgehead atoms. The Morgan fingerprint density at radius 3 is 2.38 bits per heavy atom. The molecule has 0 aliphatic heterocycles. The highest BCUT2D eigenvalue weighted by molar-refractivity contribution is 7.98. The minimum absolute atomic E-state index is 0.315. The zero-order valence-electron chi connectivity index (χ0n) is 9.99. The maximum atomic E-state index is 5.89. The Bertz CT molecular complexity index is 343. The second-order valence-corrected chi connectivity index (χ2v) is 5.44. The van der Waals surface area contributed by atoms with Crippen molar-refractivity contribution in [3.63, 3.8) is 0 Å². The summed E-state index contributed by atoms with van der Waals surface area (Å²) in [6.45, 7) is 0.781. The summed E-state index contributed by atoms with van der Waals surface area (Å²) >= 11 is 1.78. The smallest absolute Gasteiger partial charge is 0.0386 e. The number of nitrogens with two attached hydrogens (primary N) is 1. The number of rotatable bonds is 5. The summed E-state index contributed by atoms with van der Waals surface area (Å²) in [6.07, 6.45) is 4.60. The van der Waals surface area contributed by atoms with Crippen LogP contribution in [0.2, 0.25) is 0 Å². The molecule has 1 aliphatic carbocycles. The fourth-order valence-electron chi connectivity index (χ4n) is 2.39. The van der Waals surface area contributed by atoms with Crippen molar-refractivity contribution in [3.8, 4) is 0 Å². The van der Waals surface area contributed by atoms with E-state index in [2.05, 4.69) is 35.8 Å². The van der Waals surface area contributed by atoms with Crippen molar-refractivity contribution >= 4 is 11.8 Å². The monoisotopic (exact) mass is 236 g/mol. The van der Waals surface area contributed by atoms with E-state index in [0.717, 1.165) is 6.54 Å². The Morgan fingerprint density at radius 1 is 1.38 bits per heavy atom. The first-order valence-electron chi connectivity index (χ1n) is 5.77. The highest BCUT2D eigenvalue weighted by atomic mass is 32.2. The third kappa shape index (κ3) is 2.12.